The first-order valence-electron chi connectivity index (χ1n) is 5.23. The Hall–Kier alpha value is -1.43. The third-order valence-corrected chi connectivity index (χ3v) is 3.16. The fourth-order valence-corrected chi connectivity index (χ4v) is 2.15. The van der Waals surface area contributed by atoms with Gasteiger partial charge in [0.25, 0.3) is 5.82 Å². The van der Waals surface area contributed by atoms with Crippen molar-refractivity contribution < 1.29 is 19.2 Å². The molecule has 0 spiro atoms. The van der Waals surface area contributed by atoms with Crippen LogP contribution in [0.5, 0.6) is 0 Å². The summed E-state index contributed by atoms with van der Waals surface area (Å²) in [6.45, 7) is 5.94. The molecule has 88 valence electrons. The maximum atomic E-state index is 10.6. The smallest absolute Gasteiger partial charge is 0.377 e. The van der Waals surface area contributed by atoms with E-state index in [0.717, 1.165) is 0 Å². The first-order valence-corrected chi connectivity index (χ1v) is 5.23. The minimum atomic E-state index is -1.18. The van der Waals surface area contributed by atoms with Crippen LogP contribution >= 0.6 is 0 Å². The number of ether oxygens (including phenoxy) is 1. The van der Waals surface area contributed by atoms with E-state index < -0.39 is 5.97 Å². The molecule has 4 unspecified atom stereocenters. The summed E-state index contributed by atoms with van der Waals surface area (Å²) in [5.41, 5.74) is 0. The zero-order chi connectivity index (χ0) is 11.9. The summed E-state index contributed by atoms with van der Waals surface area (Å²) in [5.74, 6) is -0.925. The molecule has 1 aliphatic rings. The SMILES string of the molecule is CC1OC(C)C(c2nc(C(=O)O)no2)C1C. The fraction of sp³-hybridized carbons (Fsp3) is 0.700. The fourth-order valence-electron chi connectivity index (χ4n) is 2.15. The molecule has 1 saturated heterocycles. The van der Waals surface area contributed by atoms with Gasteiger partial charge in [-0.3, -0.25) is 0 Å². The molecule has 6 nitrogen and oxygen atoms in total. The van der Waals surface area contributed by atoms with Gasteiger partial charge in [-0.1, -0.05) is 6.92 Å². The first-order chi connectivity index (χ1) is 7.50. The highest BCUT2D eigenvalue weighted by molar-refractivity contribution is 5.82. The zero-order valence-electron chi connectivity index (χ0n) is 9.38. The van der Waals surface area contributed by atoms with Gasteiger partial charge in [0.2, 0.25) is 5.89 Å². The van der Waals surface area contributed by atoms with Crippen LogP contribution in [-0.4, -0.2) is 33.4 Å². The van der Waals surface area contributed by atoms with E-state index in [4.69, 9.17) is 14.4 Å². The van der Waals surface area contributed by atoms with Gasteiger partial charge in [0, 0.05) is 0 Å². The summed E-state index contributed by atoms with van der Waals surface area (Å²) in [7, 11) is 0. The summed E-state index contributed by atoms with van der Waals surface area (Å²) in [6.07, 6.45) is 0.0762. The number of hydrogen-bond acceptors (Lipinski definition) is 5. The second-order valence-electron chi connectivity index (χ2n) is 4.19. The van der Waals surface area contributed by atoms with Crippen molar-refractivity contribution in [1.82, 2.24) is 10.1 Å². The Morgan fingerprint density at radius 2 is 2.00 bits per heavy atom. The second-order valence-corrected chi connectivity index (χ2v) is 4.19. The number of carboxylic acid groups (broad SMARTS) is 1. The molecule has 0 saturated carbocycles. The topological polar surface area (TPSA) is 85.5 Å². The Balaban J connectivity index is 2.26. The van der Waals surface area contributed by atoms with Crippen molar-refractivity contribution in [2.75, 3.05) is 0 Å². The zero-order valence-corrected chi connectivity index (χ0v) is 9.38. The molecule has 0 amide bonds. The molecule has 0 radical (unpaired) electrons. The molecular weight excluding hydrogens is 212 g/mol. The molecule has 1 aromatic heterocycles. The quantitative estimate of drug-likeness (QED) is 0.817. The molecule has 1 aliphatic heterocycles. The predicted octanol–water partition coefficient (Wildman–Crippen LogP) is 1.29. The van der Waals surface area contributed by atoms with E-state index in [2.05, 4.69) is 10.1 Å². The Bertz CT molecular complexity index is 403. The standard InChI is InChI=1S/C10H14N2O4/c1-4-5(2)15-6(3)7(4)9-11-8(10(13)14)12-16-9/h4-7H,1-3H3,(H,13,14). The second kappa shape index (κ2) is 3.86. The van der Waals surface area contributed by atoms with Gasteiger partial charge in [-0.05, 0) is 24.9 Å². The molecule has 16 heavy (non-hydrogen) atoms. The van der Waals surface area contributed by atoms with E-state index in [9.17, 15) is 4.79 Å². The van der Waals surface area contributed by atoms with Crippen LogP contribution in [0.25, 0.3) is 0 Å². The third-order valence-electron chi connectivity index (χ3n) is 3.16. The molecule has 0 aromatic carbocycles. The van der Waals surface area contributed by atoms with E-state index in [1.165, 1.54) is 0 Å². The molecule has 1 aromatic rings. The van der Waals surface area contributed by atoms with Crippen LogP contribution in [0.2, 0.25) is 0 Å². The van der Waals surface area contributed by atoms with Gasteiger partial charge in [0.05, 0.1) is 18.1 Å². The van der Waals surface area contributed by atoms with Gasteiger partial charge in [-0.15, -0.1) is 0 Å². The maximum Gasteiger partial charge on any atom is 0.377 e. The van der Waals surface area contributed by atoms with E-state index in [0.29, 0.717) is 5.89 Å². The molecule has 1 fully saturated rings. The lowest BCUT2D eigenvalue weighted by Crippen LogP contribution is -2.15. The number of aromatic nitrogens is 2. The molecule has 6 heteroatoms. The van der Waals surface area contributed by atoms with Crippen molar-refractivity contribution in [1.29, 1.82) is 0 Å². The largest absolute Gasteiger partial charge is 0.475 e. The first kappa shape index (κ1) is 11.1. The van der Waals surface area contributed by atoms with Gasteiger partial charge in [-0.25, -0.2) is 4.79 Å². The number of aromatic carboxylic acids is 1. The number of carboxylic acids is 1. The minimum absolute atomic E-state index is 0.0319. The summed E-state index contributed by atoms with van der Waals surface area (Å²) in [4.78, 5) is 14.5. The van der Waals surface area contributed by atoms with Crippen LogP contribution in [-0.2, 0) is 4.74 Å². The third kappa shape index (κ3) is 1.69. The Labute approximate surface area is 92.6 Å². The number of rotatable bonds is 2. The van der Waals surface area contributed by atoms with Gasteiger partial charge in [0.15, 0.2) is 0 Å². The Morgan fingerprint density at radius 1 is 1.31 bits per heavy atom. The van der Waals surface area contributed by atoms with Crippen LogP contribution in [0, 0.1) is 5.92 Å². The Kier molecular flexibility index (Phi) is 2.67. The molecule has 0 aliphatic carbocycles. The lowest BCUT2D eigenvalue weighted by Gasteiger charge is -2.12. The van der Waals surface area contributed by atoms with E-state index in [-0.39, 0.29) is 29.9 Å². The van der Waals surface area contributed by atoms with Gasteiger partial charge in [0.1, 0.15) is 0 Å². The molecular formula is C10H14N2O4. The Morgan fingerprint density at radius 3 is 2.44 bits per heavy atom. The predicted molar refractivity (Wildman–Crippen MR) is 53.2 cm³/mol. The highest BCUT2D eigenvalue weighted by Gasteiger charge is 2.41. The van der Waals surface area contributed by atoms with Crippen LogP contribution in [0.3, 0.4) is 0 Å². The van der Waals surface area contributed by atoms with E-state index >= 15 is 0 Å². The van der Waals surface area contributed by atoms with E-state index in [1.807, 2.05) is 20.8 Å². The van der Waals surface area contributed by atoms with Crippen molar-refractivity contribution in [2.45, 2.75) is 38.9 Å². The number of hydrogen-bond donors (Lipinski definition) is 1. The van der Waals surface area contributed by atoms with Gasteiger partial charge < -0.3 is 14.4 Å². The highest BCUT2D eigenvalue weighted by atomic mass is 16.5. The van der Waals surface area contributed by atoms with Crippen LogP contribution in [0.15, 0.2) is 4.52 Å². The number of carbonyl (C=O) groups is 1. The monoisotopic (exact) mass is 226 g/mol. The van der Waals surface area contributed by atoms with E-state index in [1.54, 1.807) is 0 Å². The minimum Gasteiger partial charge on any atom is -0.475 e. The summed E-state index contributed by atoms with van der Waals surface area (Å²) >= 11 is 0. The average Bonchev–Trinajstić information content (AvgIpc) is 2.74. The molecule has 2 rings (SSSR count). The molecule has 4 atom stereocenters. The summed E-state index contributed by atoms with van der Waals surface area (Å²) in [6, 6.07) is 0. The maximum absolute atomic E-state index is 10.6. The highest BCUT2D eigenvalue weighted by Crippen LogP contribution is 2.38. The van der Waals surface area contributed by atoms with Crippen molar-refractivity contribution in [2.24, 2.45) is 5.92 Å². The van der Waals surface area contributed by atoms with Crippen LogP contribution in [0.1, 0.15) is 43.2 Å². The van der Waals surface area contributed by atoms with Crippen molar-refractivity contribution >= 4 is 5.97 Å². The molecule has 1 N–H and O–H groups in total. The lowest BCUT2D eigenvalue weighted by atomic mass is 9.89. The van der Waals surface area contributed by atoms with Crippen molar-refractivity contribution in [3.8, 4) is 0 Å². The van der Waals surface area contributed by atoms with Crippen molar-refractivity contribution in [3.63, 3.8) is 0 Å². The van der Waals surface area contributed by atoms with Gasteiger partial charge in [-0.2, -0.15) is 4.98 Å². The normalized spacial score (nSPS) is 34.2. The summed E-state index contributed by atoms with van der Waals surface area (Å²) < 4.78 is 10.6. The van der Waals surface area contributed by atoms with Crippen molar-refractivity contribution in [3.05, 3.63) is 11.7 Å². The van der Waals surface area contributed by atoms with Crippen LogP contribution in [0.4, 0.5) is 0 Å². The average molecular weight is 226 g/mol. The van der Waals surface area contributed by atoms with Crippen LogP contribution < -0.4 is 0 Å². The summed E-state index contributed by atoms with van der Waals surface area (Å²) in [5, 5.41) is 12.1. The molecule has 2 heterocycles. The van der Waals surface area contributed by atoms with Gasteiger partial charge >= 0.3 is 5.97 Å². The number of nitrogens with zero attached hydrogens (tertiary/aromatic N) is 2. The lowest BCUT2D eigenvalue weighted by molar-refractivity contribution is 0.0542. The molecule has 0 bridgehead atoms.